The van der Waals surface area contributed by atoms with Crippen molar-refractivity contribution in [1.82, 2.24) is 15.1 Å². The molecule has 1 aliphatic heterocycles. The van der Waals surface area contributed by atoms with Crippen LogP contribution in [-0.2, 0) is 4.79 Å². The normalized spacial score (nSPS) is 19.7. The highest BCUT2D eigenvalue weighted by Crippen LogP contribution is 2.53. The van der Waals surface area contributed by atoms with Crippen molar-refractivity contribution >= 4 is 23.5 Å². The molecule has 132 valence electrons. The van der Waals surface area contributed by atoms with Crippen LogP contribution in [0.1, 0.15) is 32.6 Å². The van der Waals surface area contributed by atoms with E-state index in [-0.39, 0.29) is 11.9 Å². The van der Waals surface area contributed by atoms with Gasteiger partial charge in [0, 0.05) is 23.7 Å². The van der Waals surface area contributed by atoms with Gasteiger partial charge in [0.2, 0.25) is 11.8 Å². The van der Waals surface area contributed by atoms with E-state index in [1.807, 2.05) is 24.0 Å². The molecule has 6 nitrogen and oxygen atoms in total. The molecule has 4 rings (SSSR count). The maximum atomic E-state index is 12.6. The summed E-state index contributed by atoms with van der Waals surface area (Å²) >= 11 is 5.88. The maximum absolute atomic E-state index is 12.6. The number of piperidine rings is 1. The van der Waals surface area contributed by atoms with Gasteiger partial charge in [0.05, 0.1) is 0 Å². The predicted octanol–water partition coefficient (Wildman–Crippen LogP) is 3.59. The van der Waals surface area contributed by atoms with Crippen LogP contribution in [0.3, 0.4) is 0 Å². The topological polar surface area (TPSA) is 71.3 Å². The number of aromatic nitrogens is 2. The van der Waals surface area contributed by atoms with E-state index in [1.165, 1.54) is 12.8 Å². The van der Waals surface area contributed by atoms with Crippen LogP contribution in [0, 0.1) is 5.41 Å². The van der Waals surface area contributed by atoms with Crippen LogP contribution < -0.4 is 5.32 Å². The number of benzene rings is 1. The second-order valence-electron chi connectivity index (χ2n) is 7.11. The van der Waals surface area contributed by atoms with Crippen LogP contribution in [0.15, 0.2) is 28.7 Å². The molecule has 1 N–H and O–H groups in total. The molecular formula is C18H21ClN4O2. The number of hydrogen-bond donors (Lipinski definition) is 1. The summed E-state index contributed by atoms with van der Waals surface area (Å²) in [5.74, 6) is 0.481. The molecule has 1 atom stereocenters. The van der Waals surface area contributed by atoms with Gasteiger partial charge < -0.3 is 14.6 Å². The number of amides is 1. The average molecular weight is 361 g/mol. The molecule has 0 bridgehead atoms. The van der Waals surface area contributed by atoms with Gasteiger partial charge in [0.15, 0.2) is 0 Å². The van der Waals surface area contributed by atoms with Gasteiger partial charge in [-0.2, -0.15) is 0 Å². The number of carbonyl (C=O) groups is 1. The van der Waals surface area contributed by atoms with E-state index < -0.39 is 6.04 Å². The second kappa shape index (κ2) is 6.33. The maximum Gasteiger partial charge on any atom is 0.316 e. The summed E-state index contributed by atoms with van der Waals surface area (Å²) < 4.78 is 5.61. The van der Waals surface area contributed by atoms with Crippen molar-refractivity contribution in [2.45, 2.75) is 38.6 Å². The third-order valence-corrected chi connectivity index (χ3v) is 5.57. The second-order valence-corrected chi connectivity index (χ2v) is 7.55. The number of anilines is 1. The Morgan fingerprint density at radius 3 is 2.52 bits per heavy atom. The van der Waals surface area contributed by atoms with Crippen molar-refractivity contribution in [2.75, 3.05) is 18.4 Å². The number of likely N-dealkylation sites (tertiary alicyclic amines) is 1. The molecule has 2 aliphatic rings. The smallest absolute Gasteiger partial charge is 0.316 e. The highest BCUT2D eigenvalue weighted by molar-refractivity contribution is 6.30. The molecule has 1 amide bonds. The Kier molecular flexibility index (Phi) is 4.15. The Balaban J connectivity index is 1.36. The van der Waals surface area contributed by atoms with Gasteiger partial charge in [-0.05, 0) is 62.3 Å². The van der Waals surface area contributed by atoms with Crippen LogP contribution >= 0.6 is 11.6 Å². The SMILES string of the molecule is C[C@H](Nc1nnc(-c2ccc(Cl)cc2)o1)C(=O)N1CCC2(CC1)CC2. The van der Waals surface area contributed by atoms with E-state index in [9.17, 15) is 4.79 Å². The van der Waals surface area contributed by atoms with Crippen molar-refractivity contribution in [3.63, 3.8) is 0 Å². The lowest BCUT2D eigenvalue weighted by Gasteiger charge is -2.33. The van der Waals surface area contributed by atoms with Crippen LogP contribution in [0.25, 0.3) is 11.5 Å². The Morgan fingerprint density at radius 2 is 1.88 bits per heavy atom. The van der Waals surface area contributed by atoms with Crippen molar-refractivity contribution in [2.24, 2.45) is 5.41 Å². The lowest BCUT2D eigenvalue weighted by molar-refractivity contribution is -0.133. The molecule has 1 aromatic carbocycles. The summed E-state index contributed by atoms with van der Waals surface area (Å²) in [6, 6.07) is 7.02. The van der Waals surface area contributed by atoms with E-state index in [0.29, 0.717) is 16.3 Å². The number of hydrogen-bond acceptors (Lipinski definition) is 5. The van der Waals surface area contributed by atoms with E-state index in [0.717, 1.165) is 31.5 Å². The Bertz CT molecular complexity index is 760. The van der Waals surface area contributed by atoms with Gasteiger partial charge in [-0.1, -0.05) is 16.7 Å². The molecule has 7 heteroatoms. The first-order valence-electron chi connectivity index (χ1n) is 8.69. The monoisotopic (exact) mass is 360 g/mol. The van der Waals surface area contributed by atoms with Crippen LogP contribution in [-0.4, -0.2) is 40.1 Å². The third kappa shape index (κ3) is 3.49. The molecule has 1 aromatic heterocycles. The summed E-state index contributed by atoms with van der Waals surface area (Å²) in [5, 5.41) is 11.7. The quantitative estimate of drug-likeness (QED) is 0.902. The van der Waals surface area contributed by atoms with Crippen LogP contribution in [0.4, 0.5) is 6.01 Å². The van der Waals surface area contributed by atoms with E-state index in [4.69, 9.17) is 16.0 Å². The Hall–Kier alpha value is -2.08. The Labute approximate surface area is 151 Å². The molecule has 1 aliphatic carbocycles. The molecule has 2 aromatic rings. The standard InChI is InChI=1S/C18H21ClN4O2/c1-12(16(24)23-10-8-18(6-7-18)9-11-23)20-17-22-21-15(25-17)13-2-4-14(19)5-3-13/h2-5,12H,6-11H2,1H3,(H,20,22)/t12-/m0/s1. The number of nitrogens with one attached hydrogen (secondary N) is 1. The minimum absolute atomic E-state index is 0.0849. The van der Waals surface area contributed by atoms with Gasteiger partial charge in [-0.25, -0.2) is 0 Å². The average Bonchev–Trinajstić information content (AvgIpc) is 3.21. The molecule has 1 spiro atoms. The van der Waals surface area contributed by atoms with Gasteiger partial charge in [-0.3, -0.25) is 4.79 Å². The van der Waals surface area contributed by atoms with E-state index >= 15 is 0 Å². The fraction of sp³-hybridized carbons (Fsp3) is 0.500. The highest BCUT2D eigenvalue weighted by atomic mass is 35.5. The lowest BCUT2D eigenvalue weighted by Crippen LogP contribution is -2.45. The first kappa shape index (κ1) is 16.4. The zero-order valence-electron chi connectivity index (χ0n) is 14.2. The minimum Gasteiger partial charge on any atom is -0.403 e. The van der Waals surface area contributed by atoms with E-state index in [1.54, 1.807) is 12.1 Å². The fourth-order valence-electron chi connectivity index (χ4n) is 3.39. The fourth-order valence-corrected chi connectivity index (χ4v) is 3.52. The third-order valence-electron chi connectivity index (χ3n) is 5.32. The summed E-state index contributed by atoms with van der Waals surface area (Å²) in [6.45, 7) is 3.53. The molecule has 2 fully saturated rings. The molecular weight excluding hydrogens is 340 g/mol. The van der Waals surface area contributed by atoms with Gasteiger partial charge in [0.1, 0.15) is 6.04 Å². The van der Waals surface area contributed by atoms with Crippen molar-refractivity contribution in [3.05, 3.63) is 29.3 Å². The minimum atomic E-state index is -0.397. The van der Waals surface area contributed by atoms with Crippen molar-refractivity contribution in [1.29, 1.82) is 0 Å². The predicted molar refractivity (Wildman–Crippen MR) is 95.3 cm³/mol. The first-order valence-corrected chi connectivity index (χ1v) is 9.07. The summed E-state index contributed by atoms with van der Waals surface area (Å²) in [5.41, 5.74) is 1.35. The lowest BCUT2D eigenvalue weighted by atomic mass is 9.93. The molecule has 0 unspecified atom stereocenters. The van der Waals surface area contributed by atoms with Crippen LogP contribution in [0.5, 0.6) is 0 Å². The van der Waals surface area contributed by atoms with Crippen LogP contribution in [0.2, 0.25) is 5.02 Å². The number of carbonyl (C=O) groups excluding carboxylic acids is 1. The van der Waals surface area contributed by atoms with Gasteiger partial charge in [0.25, 0.3) is 0 Å². The Morgan fingerprint density at radius 1 is 1.20 bits per heavy atom. The zero-order valence-corrected chi connectivity index (χ0v) is 14.9. The zero-order chi connectivity index (χ0) is 17.4. The molecule has 2 heterocycles. The summed E-state index contributed by atoms with van der Waals surface area (Å²) in [7, 11) is 0. The molecule has 1 saturated heterocycles. The summed E-state index contributed by atoms with van der Waals surface area (Å²) in [6.07, 6.45) is 4.93. The number of rotatable bonds is 4. The number of nitrogens with zero attached hydrogens (tertiary/aromatic N) is 3. The summed E-state index contributed by atoms with van der Waals surface area (Å²) in [4.78, 5) is 14.5. The van der Waals surface area contributed by atoms with Gasteiger partial charge >= 0.3 is 6.01 Å². The molecule has 0 radical (unpaired) electrons. The van der Waals surface area contributed by atoms with Crippen molar-refractivity contribution < 1.29 is 9.21 Å². The van der Waals surface area contributed by atoms with Gasteiger partial charge in [-0.15, -0.1) is 5.10 Å². The first-order chi connectivity index (χ1) is 12.0. The molecule has 25 heavy (non-hydrogen) atoms. The number of halogens is 1. The molecule has 1 saturated carbocycles. The van der Waals surface area contributed by atoms with E-state index in [2.05, 4.69) is 15.5 Å². The van der Waals surface area contributed by atoms with Crippen molar-refractivity contribution in [3.8, 4) is 11.5 Å². The highest BCUT2D eigenvalue weighted by Gasteiger charge is 2.45. The largest absolute Gasteiger partial charge is 0.403 e.